The van der Waals surface area contributed by atoms with Crippen LogP contribution in [0.3, 0.4) is 0 Å². The van der Waals surface area contributed by atoms with E-state index in [1.165, 1.54) is 30.3 Å². The fourth-order valence-corrected chi connectivity index (χ4v) is 1.55. The molecule has 0 aliphatic rings. The minimum absolute atomic E-state index is 0.305. The second kappa shape index (κ2) is 4.41. The summed E-state index contributed by atoms with van der Waals surface area (Å²) in [6.45, 7) is 1.76. The van der Waals surface area contributed by atoms with Gasteiger partial charge in [0.1, 0.15) is 11.6 Å². The molecule has 0 unspecified atom stereocenters. The number of benzene rings is 2. The summed E-state index contributed by atoms with van der Waals surface area (Å²) in [6.07, 6.45) is 0. The maximum atomic E-state index is 13.1. The largest absolute Gasteiger partial charge is 0.397 e. The van der Waals surface area contributed by atoms with Gasteiger partial charge >= 0.3 is 0 Å². The molecule has 0 aromatic heterocycles. The Hall–Kier alpha value is -2.10. The number of aryl methyl sites for hydroxylation is 1. The molecule has 0 fully saturated rings. The highest BCUT2D eigenvalue weighted by molar-refractivity contribution is 5.73. The lowest BCUT2D eigenvalue weighted by Gasteiger charge is -2.11. The van der Waals surface area contributed by atoms with Gasteiger partial charge in [-0.3, -0.25) is 0 Å². The molecule has 2 aromatic rings. The smallest absolute Gasteiger partial charge is 0.125 e. The summed E-state index contributed by atoms with van der Waals surface area (Å²) < 4.78 is 26.0. The Morgan fingerprint density at radius 2 is 1.59 bits per heavy atom. The Morgan fingerprint density at radius 3 is 2.29 bits per heavy atom. The van der Waals surface area contributed by atoms with Crippen LogP contribution in [0, 0.1) is 18.6 Å². The van der Waals surface area contributed by atoms with Gasteiger partial charge in [-0.1, -0.05) is 0 Å². The molecule has 17 heavy (non-hydrogen) atoms. The zero-order valence-electron chi connectivity index (χ0n) is 9.30. The molecule has 0 spiro atoms. The van der Waals surface area contributed by atoms with Crippen molar-refractivity contribution in [1.29, 1.82) is 0 Å². The highest BCUT2D eigenvalue weighted by Crippen LogP contribution is 2.26. The lowest BCUT2D eigenvalue weighted by atomic mass is 10.2. The molecule has 0 bridgehead atoms. The molecule has 2 nitrogen and oxygen atoms in total. The van der Waals surface area contributed by atoms with Gasteiger partial charge in [0, 0.05) is 5.69 Å². The highest BCUT2D eigenvalue weighted by atomic mass is 19.1. The van der Waals surface area contributed by atoms with E-state index in [1.54, 1.807) is 13.0 Å². The summed E-state index contributed by atoms with van der Waals surface area (Å²) in [4.78, 5) is 0. The van der Waals surface area contributed by atoms with Gasteiger partial charge in [0.05, 0.1) is 11.4 Å². The predicted molar refractivity (Wildman–Crippen MR) is 65.2 cm³/mol. The molecule has 0 radical (unpaired) electrons. The highest BCUT2D eigenvalue weighted by Gasteiger charge is 2.04. The predicted octanol–water partition coefficient (Wildman–Crippen LogP) is 3.60. The Balaban J connectivity index is 2.34. The van der Waals surface area contributed by atoms with Crippen LogP contribution in [-0.4, -0.2) is 0 Å². The average Bonchev–Trinajstić information content (AvgIpc) is 2.27. The van der Waals surface area contributed by atoms with E-state index in [-0.39, 0.29) is 11.6 Å². The third kappa shape index (κ3) is 2.53. The molecule has 0 aliphatic carbocycles. The number of nitrogen functional groups attached to an aromatic ring is 1. The average molecular weight is 234 g/mol. The molecule has 3 N–H and O–H groups in total. The second-order valence-corrected chi connectivity index (χ2v) is 3.82. The van der Waals surface area contributed by atoms with E-state index < -0.39 is 0 Å². The monoisotopic (exact) mass is 234 g/mol. The van der Waals surface area contributed by atoms with Crippen LogP contribution in [0.15, 0.2) is 36.4 Å². The first-order valence-electron chi connectivity index (χ1n) is 5.14. The summed E-state index contributed by atoms with van der Waals surface area (Å²) >= 11 is 0. The van der Waals surface area contributed by atoms with Crippen molar-refractivity contribution in [3.05, 3.63) is 53.6 Å². The normalized spacial score (nSPS) is 10.3. The van der Waals surface area contributed by atoms with Gasteiger partial charge in [-0.2, -0.15) is 0 Å². The zero-order valence-corrected chi connectivity index (χ0v) is 9.30. The third-order valence-corrected chi connectivity index (χ3v) is 2.47. The van der Waals surface area contributed by atoms with E-state index >= 15 is 0 Å². The van der Waals surface area contributed by atoms with Gasteiger partial charge < -0.3 is 11.1 Å². The summed E-state index contributed by atoms with van der Waals surface area (Å²) in [7, 11) is 0. The van der Waals surface area contributed by atoms with Crippen LogP contribution in [0.2, 0.25) is 0 Å². The Bertz CT molecular complexity index is 553. The molecule has 2 rings (SSSR count). The molecule has 88 valence electrons. The van der Waals surface area contributed by atoms with E-state index in [0.717, 1.165) is 5.56 Å². The standard InChI is InChI=1S/C13H12F2N2/c1-8-6-9(14)3-5-12(8)17-13-7-10(15)2-4-11(13)16/h2-7,17H,16H2,1H3. The van der Waals surface area contributed by atoms with Crippen LogP contribution in [0.1, 0.15) is 5.56 Å². The molecule has 2 aromatic carbocycles. The topological polar surface area (TPSA) is 38.0 Å². The minimum atomic E-state index is -0.374. The van der Waals surface area contributed by atoms with Crippen molar-refractivity contribution in [2.24, 2.45) is 0 Å². The first kappa shape index (κ1) is 11.4. The fraction of sp³-hybridized carbons (Fsp3) is 0.0769. The summed E-state index contributed by atoms with van der Waals surface area (Å²) in [5.41, 5.74) is 8.05. The van der Waals surface area contributed by atoms with Crippen LogP contribution < -0.4 is 11.1 Å². The number of halogens is 2. The van der Waals surface area contributed by atoms with Crippen molar-refractivity contribution in [2.75, 3.05) is 11.1 Å². The van der Waals surface area contributed by atoms with Crippen molar-refractivity contribution in [2.45, 2.75) is 6.92 Å². The first-order valence-corrected chi connectivity index (χ1v) is 5.14. The van der Waals surface area contributed by atoms with Crippen LogP contribution in [0.4, 0.5) is 25.8 Å². The van der Waals surface area contributed by atoms with Crippen LogP contribution in [0.25, 0.3) is 0 Å². The molecule has 0 heterocycles. The molecule has 0 saturated carbocycles. The van der Waals surface area contributed by atoms with Gasteiger partial charge in [0.25, 0.3) is 0 Å². The zero-order chi connectivity index (χ0) is 12.4. The lowest BCUT2D eigenvalue weighted by Crippen LogP contribution is -1.98. The van der Waals surface area contributed by atoms with E-state index in [1.807, 2.05) is 0 Å². The fourth-order valence-electron chi connectivity index (χ4n) is 1.55. The second-order valence-electron chi connectivity index (χ2n) is 3.82. The van der Waals surface area contributed by atoms with E-state index in [2.05, 4.69) is 5.32 Å². The van der Waals surface area contributed by atoms with Gasteiger partial charge in [-0.05, 0) is 48.9 Å². The molecule has 0 saturated heterocycles. The van der Waals surface area contributed by atoms with Crippen molar-refractivity contribution < 1.29 is 8.78 Å². The molecule has 0 aliphatic heterocycles. The maximum Gasteiger partial charge on any atom is 0.125 e. The number of nitrogens with one attached hydrogen (secondary N) is 1. The number of hydrogen-bond acceptors (Lipinski definition) is 2. The SMILES string of the molecule is Cc1cc(F)ccc1Nc1cc(F)ccc1N. The third-order valence-electron chi connectivity index (χ3n) is 2.47. The van der Waals surface area contributed by atoms with E-state index in [4.69, 9.17) is 5.73 Å². The number of rotatable bonds is 2. The van der Waals surface area contributed by atoms with Gasteiger partial charge in [0.15, 0.2) is 0 Å². The van der Waals surface area contributed by atoms with Gasteiger partial charge in [-0.25, -0.2) is 8.78 Å². The van der Waals surface area contributed by atoms with E-state index in [9.17, 15) is 8.78 Å². The number of hydrogen-bond donors (Lipinski definition) is 2. The quantitative estimate of drug-likeness (QED) is 0.779. The van der Waals surface area contributed by atoms with E-state index in [0.29, 0.717) is 17.1 Å². The molecular weight excluding hydrogens is 222 g/mol. The van der Waals surface area contributed by atoms with Crippen molar-refractivity contribution in [1.82, 2.24) is 0 Å². The maximum absolute atomic E-state index is 13.1. The van der Waals surface area contributed by atoms with Crippen molar-refractivity contribution in [3.8, 4) is 0 Å². The van der Waals surface area contributed by atoms with Gasteiger partial charge in [0.2, 0.25) is 0 Å². The Labute approximate surface area is 98.1 Å². The summed E-state index contributed by atoms with van der Waals surface area (Å²) in [5, 5.41) is 2.98. The van der Waals surface area contributed by atoms with Crippen molar-refractivity contribution >= 4 is 17.1 Å². The van der Waals surface area contributed by atoms with Crippen molar-refractivity contribution in [3.63, 3.8) is 0 Å². The molecule has 0 amide bonds. The number of nitrogens with two attached hydrogens (primary N) is 1. The Morgan fingerprint density at radius 1 is 0.941 bits per heavy atom. The van der Waals surface area contributed by atoms with Crippen LogP contribution in [-0.2, 0) is 0 Å². The summed E-state index contributed by atoms with van der Waals surface area (Å²) in [5.74, 6) is -0.679. The molecular formula is C13H12F2N2. The number of anilines is 3. The molecule has 0 atom stereocenters. The van der Waals surface area contributed by atoms with Crippen LogP contribution in [0.5, 0.6) is 0 Å². The minimum Gasteiger partial charge on any atom is -0.397 e. The summed E-state index contributed by atoms with van der Waals surface area (Å²) in [6, 6.07) is 8.41. The van der Waals surface area contributed by atoms with Gasteiger partial charge in [-0.15, -0.1) is 0 Å². The molecule has 4 heteroatoms. The Kier molecular flexibility index (Phi) is 2.95. The lowest BCUT2D eigenvalue weighted by molar-refractivity contribution is 0.626. The van der Waals surface area contributed by atoms with Crippen LogP contribution >= 0.6 is 0 Å². The first-order chi connectivity index (χ1) is 8.06.